The van der Waals surface area contributed by atoms with Crippen LogP contribution < -0.4 is 5.32 Å². The molecule has 164 valence electrons. The van der Waals surface area contributed by atoms with E-state index < -0.39 is 18.1 Å². The highest BCUT2D eigenvalue weighted by Crippen LogP contribution is 2.44. The van der Waals surface area contributed by atoms with Crippen LogP contribution in [0.15, 0.2) is 48.5 Å². The van der Waals surface area contributed by atoms with Crippen molar-refractivity contribution in [1.29, 1.82) is 0 Å². The molecule has 1 aliphatic rings. The zero-order valence-corrected chi connectivity index (χ0v) is 17.8. The average molecular weight is 424 g/mol. The van der Waals surface area contributed by atoms with Crippen molar-refractivity contribution in [1.82, 2.24) is 10.2 Å². The first-order valence-electron chi connectivity index (χ1n) is 10.5. The van der Waals surface area contributed by atoms with Crippen LogP contribution in [-0.4, -0.2) is 54.2 Å². The lowest BCUT2D eigenvalue weighted by Crippen LogP contribution is -2.47. The Labute approximate surface area is 182 Å². The highest BCUT2D eigenvalue weighted by atomic mass is 16.5. The third-order valence-electron chi connectivity index (χ3n) is 5.60. The Kier molecular flexibility index (Phi) is 7.28. The fourth-order valence-corrected chi connectivity index (χ4v) is 3.96. The number of fused-ring (bicyclic) bond motifs is 3. The summed E-state index contributed by atoms with van der Waals surface area (Å²) >= 11 is 0. The lowest BCUT2D eigenvalue weighted by molar-refractivity contribution is -0.138. The maximum atomic E-state index is 12.6. The summed E-state index contributed by atoms with van der Waals surface area (Å²) in [5.41, 5.74) is 4.55. The molecule has 3 rings (SSSR count). The quantitative estimate of drug-likeness (QED) is 0.641. The zero-order valence-electron chi connectivity index (χ0n) is 17.8. The van der Waals surface area contributed by atoms with Gasteiger partial charge in [-0.15, -0.1) is 0 Å². The molecule has 2 amide bonds. The molecule has 0 saturated heterocycles. The third kappa shape index (κ3) is 5.23. The Bertz CT molecular complexity index is 913. The standard InChI is InChI=1S/C24H28N2O5/c1-3-21(23(29)26(2)14-8-13-22(27)28)25-24(30)31-15-20-18-11-6-4-9-16(18)17-10-5-7-12-19(17)20/h4-7,9-12,20-21H,3,8,13-15H2,1-2H3,(H,25,30)(H,27,28)/t21-/m1/s1. The first kappa shape index (κ1) is 22.3. The number of alkyl carbamates (subject to hydrolysis) is 1. The van der Waals surface area contributed by atoms with E-state index >= 15 is 0 Å². The monoisotopic (exact) mass is 424 g/mol. The molecule has 0 heterocycles. The average Bonchev–Trinajstić information content (AvgIpc) is 3.09. The molecule has 0 unspecified atom stereocenters. The van der Waals surface area contributed by atoms with Crippen LogP contribution in [0.25, 0.3) is 11.1 Å². The Morgan fingerprint density at radius 2 is 1.65 bits per heavy atom. The predicted octanol–water partition coefficient (Wildman–Crippen LogP) is 3.63. The second-order valence-corrected chi connectivity index (χ2v) is 7.69. The number of nitrogens with zero attached hydrogens (tertiary/aromatic N) is 1. The maximum absolute atomic E-state index is 12.6. The van der Waals surface area contributed by atoms with Crippen LogP contribution in [0, 0.1) is 0 Å². The number of amides is 2. The molecule has 1 atom stereocenters. The van der Waals surface area contributed by atoms with Gasteiger partial charge in [0.1, 0.15) is 12.6 Å². The molecule has 0 aliphatic heterocycles. The van der Waals surface area contributed by atoms with Gasteiger partial charge in [-0.05, 0) is 35.1 Å². The summed E-state index contributed by atoms with van der Waals surface area (Å²) in [6.07, 6.45) is 0.125. The molecule has 0 saturated carbocycles. The molecule has 0 radical (unpaired) electrons. The first-order chi connectivity index (χ1) is 14.9. The molecular formula is C24H28N2O5. The van der Waals surface area contributed by atoms with E-state index in [1.165, 1.54) is 4.90 Å². The molecule has 0 spiro atoms. The van der Waals surface area contributed by atoms with E-state index in [1.807, 2.05) is 36.4 Å². The molecule has 2 N–H and O–H groups in total. The fraction of sp³-hybridized carbons (Fsp3) is 0.375. The zero-order chi connectivity index (χ0) is 22.4. The van der Waals surface area contributed by atoms with Gasteiger partial charge in [-0.3, -0.25) is 9.59 Å². The van der Waals surface area contributed by atoms with Crippen LogP contribution in [0.5, 0.6) is 0 Å². The lowest BCUT2D eigenvalue weighted by atomic mass is 9.98. The third-order valence-corrected chi connectivity index (χ3v) is 5.60. The summed E-state index contributed by atoms with van der Waals surface area (Å²) in [4.78, 5) is 37.1. The van der Waals surface area contributed by atoms with Crippen molar-refractivity contribution in [2.24, 2.45) is 0 Å². The minimum Gasteiger partial charge on any atom is -0.481 e. The summed E-state index contributed by atoms with van der Waals surface area (Å²) in [6, 6.07) is 15.5. The number of carboxylic acids is 1. The van der Waals surface area contributed by atoms with E-state index in [1.54, 1.807) is 14.0 Å². The van der Waals surface area contributed by atoms with Gasteiger partial charge in [0.15, 0.2) is 0 Å². The molecule has 0 fully saturated rings. The normalized spacial score (nSPS) is 13.1. The first-order valence-corrected chi connectivity index (χ1v) is 10.5. The number of rotatable bonds is 9. The van der Waals surface area contributed by atoms with Gasteiger partial charge in [-0.2, -0.15) is 0 Å². The number of carbonyl (C=O) groups is 3. The number of likely N-dealkylation sites (N-methyl/N-ethyl adjacent to an activating group) is 1. The van der Waals surface area contributed by atoms with Gasteiger partial charge in [0.2, 0.25) is 5.91 Å². The molecule has 31 heavy (non-hydrogen) atoms. The summed E-state index contributed by atoms with van der Waals surface area (Å²) in [6.45, 7) is 2.30. The Morgan fingerprint density at radius 1 is 1.06 bits per heavy atom. The van der Waals surface area contributed by atoms with Crippen molar-refractivity contribution >= 4 is 18.0 Å². The number of aliphatic carboxylic acids is 1. The molecule has 7 nitrogen and oxygen atoms in total. The lowest BCUT2D eigenvalue weighted by Gasteiger charge is -2.24. The van der Waals surface area contributed by atoms with Gasteiger partial charge < -0.3 is 20.1 Å². The largest absolute Gasteiger partial charge is 0.481 e. The summed E-state index contributed by atoms with van der Waals surface area (Å²) in [5, 5.41) is 11.4. The number of hydrogen-bond donors (Lipinski definition) is 2. The maximum Gasteiger partial charge on any atom is 0.407 e. The van der Waals surface area contributed by atoms with Gasteiger partial charge in [0.25, 0.3) is 0 Å². The van der Waals surface area contributed by atoms with E-state index in [9.17, 15) is 14.4 Å². The molecule has 0 bridgehead atoms. The van der Waals surface area contributed by atoms with Crippen LogP contribution in [0.3, 0.4) is 0 Å². The van der Waals surface area contributed by atoms with Crippen molar-refractivity contribution in [2.75, 3.05) is 20.2 Å². The molecule has 2 aromatic carbocycles. The van der Waals surface area contributed by atoms with E-state index in [2.05, 4.69) is 17.4 Å². The van der Waals surface area contributed by atoms with E-state index in [-0.39, 0.29) is 24.9 Å². The summed E-state index contributed by atoms with van der Waals surface area (Å²) in [7, 11) is 1.60. The number of hydrogen-bond acceptors (Lipinski definition) is 4. The Balaban J connectivity index is 1.58. The second-order valence-electron chi connectivity index (χ2n) is 7.69. The molecule has 2 aromatic rings. The Hall–Kier alpha value is -3.35. The van der Waals surface area contributed by atoms with Crippen molar-refractivity contribution in [3.63, 3.8) is 0 Å². The molecule has 1 aliphatic carbocycles. The number of benzene rings is 2. The van der Waals surface area contributed by atoms with Gasteiger partial charge in [-0.1, -0.05) is 55.5 Å². The number of nitrogens with one attached hydrogen (secondary N) is 1. The molecular weight excluding hydrogens is 396 g/mol. The van der Waals surface area contributed by atoms with Crippen molar-refractivity contribution in [2.45, 2.75) is 38.1 Å². The van der Waals surface area contributed by atoms with E-state index in [0.717, 1.165) is 22.3 Å². The van der Waals surface area contributed by atoms with Crippen LogP contribution in [0.2, 0.25) is 0 Å². The smallest absolute Gasteiger partial charge is 0.407 e. The van der Waals surface area contributed by atoms with Crippen molar-refractivity contribution < 1.29 is 24.2 Å². The van der Waals surface area contributed by atoms with Gasteiger partial charge in [0, 0.05) is 25.9 Å². The minimum absolute atomic E-state index is 0.00574. The van der Waals surface area contributed by atoms with Crippen LogP contribution >= 0.6 is 0 Å². The summed E-state index contributed by atoms with van der Waals surface area (Å²) < 4.78 is 5.52. The van der Waals surface area contributed by atoms with Crippen LogP contribution in [-0.2, 0) is 14.3 Å². The molecule has 0 aromatic heterocycles. The van der Waals surface area contributed by atoms with Crippen LogP contribution in [0.1, 0.15) is 43.2 Å². The van der Waals surface area contributed by atoms with Crippen LogP contribution in [0.4, 0.5) is 4.79 Å². The van der Waals surface area contributed by atoms with Gasteiger partial charge in [-0.25, -0.2) is 4.79 Å². The SMILES string of the molecule is CC[C@@H](NC(=O)OCC1c2ccccc2-c2ccccc21)C(=O)N(C)CCCC(=O)O. The predicted molar refractivity (Wildman–Crippen MR) is 117 cm³/mol. The topological polar surface area (TPSA) is 95.9 Å². The Morgan fingerprint density at radius 3 is 2.19 bits per heavy atom. The number of carbonyl (C=O) groups excluding carboxylic acids is 2. The van der Waals surface area contributed by atoms with Crippen molar-refractivity contribution in [3.05, 3.63) is 59.7 Å². The minimum atomic E-state index is -0.898. The van der Waals surface area contributed by atoms with Gasteiger partial charge >= 0.3 is 12.1 Å². The van der Waals surface area contributed by atoms with E-state index in [0.29, 0.717) is 19.4 Å². The highest BCUT2D eigenvalue weighted by Gasteiger charge is 2.30. The fourth-order valence-electron chi connectivity index (χ4n) is 3.96. The molecule has 7 heteroatoms. The number of ether oxygens (including phenoxy) is 1. The summed E-state index contributed by atoms with van der Waals surface area (Å²) in [5.74, 6) is -1.21. The van der Waals surface area contributed by atoms with E-state index in [4.69, 9.17) is 9.84 Å². The highest BCUT2D eigenvalue weighted by molar-refractivity contribution is 5.85. The second kappa shape index (κ2) is 10.1. The van der Waals surface area contributed by atoms with Crippen molar-refractivity contribution in [3.8, 4) is 11.1 Å². The number of carboxylic acid groups (broad SMARTS) is 1. The van der Waals surface area contributed by atoms with Gasteiger partial charge in [0.05, 0.1) is 0 Å².